The molecule has 0 aliphatic carbocycles. The van der Waals surface area contributed by atoms with Gasteiger partial charge < -0.3 is 0 Å². The van der Waals surface area contributed by atoms with Crippen molar-refractivity contribution in [1.82, 2.24) is 0 Å². The summed E-state index contributed by atoms with van der Waals surface area (Å²) in [5.74, 6) is 0. The van der Waals surface area contributed by atoms with Gasteiger partial charge in [-0.05, 0) is 6.37 Å². The Morgan fingerprint density at radius 1 is 0.923 bits per heavy atom. The van der Waals surface area contributed by atoms with Crippen LogP contribution in [0, 0.1) is 0 Å². The van der Waals surface area contributed by atoms with Crippen LogP contribution in [0.25, 0.3) is 0 Å². The van der Waals surface area contributed by atoms with Gasteiger partial charge in [0, 0.05) is 67.3 Å². The molecule has 0 saturated carbocycles. The van der Waals surface area contributed by atoms with Crippen LogP contribution >= 0.6 is 0 Å². The molecule has 0 bridgehead atoms. The fourth-order valence-electron chi connectivity index (χ4n) is 0.150. The van der Waals surface area contributed by atoms with Gasteiger partial charge in [0.1, 0.15) is 0 Å². The molecule has 0 amide bonds. The molecular formula is C3H8Na2O6S2. The van der Waals surface area contributed by atoms with Crippen molar-refractivity contribution in [1.29, 1.82) is 0 Å². The van der Waals surface area contributed by atoms with Gasteiger partial charge in [0.2, 0.25) is 0 Å². The Kier molecular flexibility index (Phi) is 5.50. The minimum atomic E-state index is -5.76. The van der Waals surface area contributed by atoms with Gasteiger partial charge >= 0.3 is 0 Å². The van der Waals surface area contributed by atoms with E-state index in [0.717, 1.165) is 0 Å². The Hall–Kier alpha value is 1.82. The van der Waals surface area contributed by atoms with Crippen LogP contribution in [0.5, 0.6) is 0 Å². The summed E-state index contributed by atoms with van der Waals surface area (Å²) in [4.78, 5) is 0. The van der Waals surface area contributed by atoms with E-state index in [4.69, 9.17) is 17.3 Å². The first-order chi connectivity index (χ1) is 7.00. The maximum Gasteiger partial charge on any atom is 0.264 e. The van der Waals surface area contributed by atoms with Crippen LogP contribution < -0.4 is 0 Å². The van der Waals surface area contributed by atoms with Crippen LogP contribution in [0.2, 0.25) is 0 Å². The number of hydrogen-bond acceptors (Lipinski definition) is 4. The quantitative estimate of drug-likeness (QED) is 0.462. The molecule has 0 aliphatic rings. The average Bonchev–Trinajstić information content (AvgIpc) is 1.98. The SMILES string of the molecule is [2H]C([2H])(C([2H])([2H])S(=O)(=O)O)C([2H])([2H])S(=O)(=O)O.[Na].[Na]. The fourth-order valence-corrected chi connectivity index (χ4v) is 0.574. The van der Waals surface area contributed by atoms with E-state index in [9.17, 15) is 16.8 Å². The van der Waals surface area contributed by atoms with E-state index in [1.807, 2.05) is 0 Å². The van der Waals surface area contributed by atoms with Gasteiger partial charge in [-0.1, -0.05) is 0 Å². The van der Waals surface area contributed by atoms with Crippen molar-refractivity contribution in [3.05, 3.63) is 0 Å². The predicted molar refractivity (Wildman–Crippen MR) is 49.0 cm³/mol. The summed E-state index contributed by atoms with van der Waals surface area (Å²) >= 11 is 0. The maximum absolute atomic E-state index is 10.6. The fraction of sp³-hybridized carbons (Fsp3) is 1.00. The first-order valence-corrected chi connectivity index (χ1v) is 4.82. The van der Waals surface area contributed by atoms with E-state index < -0.39 is 38.0 Å². The smallest absolute Gasteiger partial charge is 0.264 e. The van der Waals surface area contributed by atoms with Crippen molar-refractivity contribution in [2.45, 2.75) is 6.37 Å². The van der Waals surface area contributed by atoms with Crippen LogP contribution in [0.1, 0.15) is 14.6 Å². The minimum Gasteiger partial charge on any atom is -0.286 e. The van der Waals surface area contributed by atoms with Crippen molar-refractivity contribution in [3.63, 3.8) is 0 Å². The molecule has 2 N–H and O–H groups in total. The molecule has 6 nitrogen and oxygen atoms in total. The molecule has 2 radical (unpaired) electrons. The third kappa shape index (κ3) is 20.0. The molecule has 0 spiro atoms. The molecule has 13 heavy (non-hydrogen) atoms. The Labute approximate surface area is 130 Å². The minimum absolute atomic E-state index is 0. The van der Waals surface area contributed by atoms with Crippen LogP contribution in [0.3, 0.4) is 0 Å². The third-order valence-electron chi connectivity index (χ3n) is 0.360. The monoisotopic (exact) mass is 256 g/mol. The summed E-state index contributed by atoms with van der Waals surface area (Å²) in [5.41, 5.74) is -8.56. The molecule has 0 fully saturated rings. The van der Waals surface area contributed by atoms with E-state index >= 15 is 0 Å². The van der Waals surface area contributed by atoms with Gasteiger partial charge in [0.25, 0.3) is 20.2 Å². The molecule has 0 aliphatic heterocycles. The summed E-state index contributed by atoms with van der Waals surface area (Å²) in [6.07, 6.45) is -4.25. The van der Waals surface area contributed by atoms with Gasteiger partial charge in [0.15, 0.2) is 0 Å². The zero-order valence-corrected chi connectivity index (χ0v) is 12.5. The number of rotatable bonds is 4. The van der Waals surface area contributed by atoms with Crippen molar-refractivity contribution in [3.8, 4) is 0 Å². The third-order valence-corrected chi connectivity index (χ3v) is 1.08. The molecule has 0 atom stereocenters. The van der Waals surface area contributed by atoms with E-state index in [1.165, 1.54) is 0 Å². The van der Waals surface area contributed by atoms with Gasteiger partial charge in [0.05, 0.1) is 11.4 Å². The molecule has 0 aromatic rings. The Bertz CT molecular complexity index is 467. The summed E-state index contributed by atoms with van der Waals surface area (Å²) < 4.78 is 99.9. The molecule has 0 unspecified atom stereocenters. The molecule has 70 valence electrons. The Balaban J connectivity index is -0.00000128. The topological polar surface area (TPSA) is 109 Å². The summed E-state index contributed by atoms with van der Waals surface area (Å²) in [5, 5.41) is 0. The summed E-state index contributed by atoms with van der Waals surface area (Å²) in [6.45, 7) is 0. The number of hydrogen-bond donors (Lipinski definition) is 2. The van der Waals surface area contributed by atoms with Crippen LogP contribution in [-0.4, -0.2) is 96.5 Å². The first-order valence-electron chi connectivity index (χ1n) is 4.94. The van der Waals surface area contributed by atoms with Gasteiger partial charge in [-0.25, -0.2) is 0 Å². The second kappa shape index (κ2) is 8.03. The summed E-state index contributed by atoms with van der Waals surface area (Å²) in [6, 6.07) is 0. The van der Waals surface area contributed by atoms with Gasteiger partial charge in [-0.2, -0.15) is 16.8 Å². The molecule has 0 aromatic carbocycles. The zero-order valence-electron chi connectivity index (χ0n) is 12.8. The molecule has 0 saturated heterocycles. The summed E-state index contributed by atoms with van der Waals surface area (Å²) in [7, 11) is -11.5. The second-order valence-electron chi connectivity index (χ2n) is 1.28. The van der Waals surface area contributed by atoms with Crippen molar-refractivity contribution < 1.29 is 34.2 Å². The first kappa shape index (κ1) is 8.91. The normalized spacial score (nSPS) is 21.4. The van der Waals surface area contributed by atoms with Crippen molar-refractivity contribution in [2.24, 2.45) is 0 Å². The average molecular weight is 256 g/mol. The standard InChI is InChI=1S/C3H8O6S2.2Na/c4-10(5,6)2-1-3-11(7,8)9;;/h1-3H2,(H,4,5,6)(H,7,8,9);;/i1D2,2D2,3D2;;. The zero-order chi connectivity index (χ0) is 14.5. The van der Waals surface area contributed by atoms with E-state index in [0.29, 0.717) is 0 Å². The van der Waals surface area contributed by atoms with Crippen LogP contribution in [0.15, 0.2) is 0 Å². The van der Waals surface area contributed by atoms with Crippen molar-refractivity contribution >= 4 is 79.4 Å². The Morgan fingerprint density at radius 3 is 1.31 bits per heavy atom. The largest absolute Gasteiger partial charge is 0.286 e. The van der Waals surface area contributed by atoms with Gasteiger partial charge in [-0.3, -0.25) is 9.11 Å². The van der Waals surface area contributed by atoms with Crippen LogP contribution in [0.4, 0.5) is 0 Å². The van der Waals surface area contributed by atoms with E-state index in [2.05, 4.69) is 0 Å². The molecule has 0 rings (SSSR count). The van der Waals surface area contributed by atoms with Crippen LogP contribution in [-0.2, 0) is 20.2 Å². The van der Waals surface area contributed by atoms with Crippen molar-refractivity contribution in [2.75, 3.05) is 11.4 Å². The van der Waals surface area contributed by atoms with E-state index in [-0.39, 0.29) is 59.1 Å². The molecule has 0 heterocycles. The second-order valence-corrected chi connectivity index (χ2v) is 3.59. The molecule has 10 heteroatoms. The van der Waals surface area contributed by atoms with Gasteiger partial charge in [-0.15, -0.1) is 0 Å². The molecular weight excluding hydrogens is 242 g/mol. The molecule has 0 aromatic heterocycles. The maximum atomic E-state index is 10.6. The van der Waals surface area contributed by atoms with E-state index in [1.54, 1.807) is 0 Å². The predicted octanol–water partition coefficient (Wildman–Crippen LogP) is -1.61. The Morgan fingerprint density at radius 2 is 1.15 bits per heavy atom.